The van der Waals surface area contributed by atoms with E-state index in [9.17, 15) is 4.79 Å². The standard InChI is InChI=1S/C11H11NO2/c1-2-14-11(13)9-4-3-8-5-6-12-10(8)7-9/h3-4,6-7H,2,5H2,1H3. The highest BCUT2D eigenvalue weighted by Gasteiger charge is 2.11. The van der Waals surface area contributed by atoms with Gasteiger partial charge in [0.05, 0.1) is 17.9 Å². The summed E-state index contributed by atoms with van der Waals surface area (Å²) in [4.78, 5) is 15.5. The van der Waals surface area contributed by atoms with Crippen LogP contribution in [0.5, 0.6) is 0 Å². The monoisotopic (exact) mass is 189 g/mol. The molecule has 0 radical (unpaired) electrons. The molecular weight excluding hydrogens is 178 g/mol. The van der Waals surface area contributed by atoms with Gasteiger partial charge in [0.15, 0.2) is 0 Å². The third kappa shape index (κ3) is 1.53. The highest BCUT2D eigenvalue weighted by atomic mass is 16.5. The summed E-state index contributed by atoms with van der Waals surface area (Å²) in [6.45, 7) is 2.20. The minimum atomic E-state index is -0.280. The Bertz CT molecular complexity index is 396. The molecular formula is C11H11NO2. The molecule has 0 aliphatic carbocycles. The van der Waals surface area contributed by atoms with Gasteiger partial charge in [-0.25, -0.2) is 4.79 Å². The third-order valence-corrected chi connectivity index (χ3v) is 2.14. The second kappa shape index (κ2) is 3.62. The minimum absolute atomic E-state index is 0.280. The molecule has 3 heteroatoms. The van der Waals surface area contributed by atoms with Crippen molar-refractivity contribution in [3.8, 4) is 0 Å². The van der Waals surface area contributed by atoms with Gasteiger partial charge in [-0.1, -0.05) is 6.07 Å². The van der Waals surface area contributed by atoms with Crippen molar-refractivity contribution in [1.82, 2.24) is 0 Å². The lowest BCUT2D eigenvalue weighted by molar-refractivity contribution is 0.0526. The number of aliphatic imine (C=N–C) groups is 1. The molecule has 0 atom stereocenters. The molecule has 2 rings (SSSR count). The molecule has 0 amide bonds. The maximum atomic E-state index is 11.4. The van der Waals surface area contributed by atoms with Crippen LogP contribution in [0.3, 0.4) is 0 Å². The van der Waals surface area contributed by atoms with Crippen molar-refractivity contribution in [2.24, 2.45) is 4.99 Å². The molecule has 1 aromatic rings. The smallest absolute Gasteiger partial charge is 0.338 e. The summed E-state index contributed by atoms with van der Waals surface area (Å²) in [7, 11) is 0. The Morgan fingerprint density at radius 3 is 3.21 bits per heavy atom. The fraction of sp³-hybridized carbons (Fsp3) is 0.273. The van der Waals surface area contributed by atoms with E-state index in [1.165, 1.54) is 0 Å². The molecule has 72 valence electrons. The van der Waals surface area contributed by atoms with Gasteiger partial charge in [-0.3, -0.25) is 4.99 Å². The second-order valence-corrected chi connectivity index (χ2v) is 3.08. The van der Waals surface area contributed by atoms with Crippen LogP contribution in [0.2, 0.25) is 0 Å². The minimum Gasteiger partial charge on any atom is -0.462 e. The normalized spacial score (nSPS) is 12.6. The molecule has 3 nitrogen and oxygen atoms in total. The van der Waals surface area contributed by atoms with Gasteiger partial charge >= 0.3 is 5.97 Å². The van der Waals surface area contributed by atoms with Crippen molar-refractivity contribution in [1.29, 1.82) is 0 Å². The highest BCUT2D eigenvalue weighted by molar-refractivity contribution is 5.91. The Labute approximate surface area is 82.4 Å². The number of hydrogen-bond acceptors (Lipinski definition) is 3. The van der Waals surface area contributed by atoms with Gasteiger partial charge in [-0.05, 0) is 24.6 Å². The van der Waals surface area contributed by atoms with Crippen molar-refractivity contribution in [3.05, 3.63) is 29.3 Å². The number of esters is 1. The topological polar surface area (TPSA) is 38.7 Å². The fourth-order valence-electron chi connectivity index (χ4n) is 1.44. The summed E-state index contributed by atoms with van der Waals surface area (Å²) in [5.74, 6) is -0.280. The molecule has 0 N–H and O–H groups in total. The Kier molecular flexibility index (Phi) is 2.31. The SMILES string of the molecule is CCOC(=O)c1ccc2c(c1)N=CC2. The number of fused-ring (bicyclic) bond motifs is 1. The third-order valence-electron chi connectivity index (χ3n) is 2.14. The maximum absolute atomic E-state index is 11.4. The van der Waals surface area contributed by atoms with Gasteiger partial charge in [0.2, 0.25) is 0 Å². The van der Waals surface area contributed by atoms with Gasteiger partial charge in [-0.15, -0.1) is 0 Å². The van der Waals surface area contributed by atoms with E-state index in [4.69, 9.17) is 4.74 Å². The molecule has 0 aromatic heterocycles. The molecule has 0 spiro atoms. The van der Waals surface area contributed by atoms with Gasteiger partial charge in [-0.2, -0.15) is 0 Å². The maximum Gasteiger partial charge on any atom is 0.338 e. The summed E-state index contributed by atoms with van der Waals surface area (Å²) < 4.78 is 4.90. The predicted molar refractivity (Wildman–Crippen MR) is 54.3 cm³/mol. The number of carbonyl (C=O) groups excluding carboxylic acids is 1. The number of benzene rings is 1. The average Bonchev–Trinajstić information content (AvgIpc) is 2.64. The largest absolute Gasteiger partial charge is 0.462 e. The summed E-state index contributed by atoms with van der Waals surface area (Å²) in [6, 6.07) is 5.48. The van der Waals surface area contributed by atoms with E-state index in [1.807, 2.05) is 12.3 Å². The summed E-state index contributed by atoms with van der Waals surface area (Å²) in [5, 5.41) is 0. The Morgan fingerprint density at radius 1 is 1.57 bits per heavy atom. The van der Waals surface area contributed by atoms with E-state index in [1.54, 1.807) is 19.1 Å². The Morgan fingerprint density at radius 2 is 2.43 bits per heavy atom. The van der Waals surface area contributed by atoms with Crippen LogP contribution < -0.4 is 0 Å². The van der Waals surface area contributed by atoms with Gasteiger partial charge in [0.1, 0.15) is 0 Å². The molecule has 0 saturated heterocycles. The van der Waals surface area contributed by atoms with Crippen molar-refractivity contribution < 1.29 is 9.53 Å². The number of nitrogens with zero attached hydrogens (tertiary/aromatic N) is 1. The van der Waals surface area contributed by atoms with Crippen LogP contribution in [-0.4, -0.2) is 18.8 Å². The van der Waals surface area contributed by atoms with E-state index < -0.39 is 0 Å². The molecule has 1 aromatic carbocycles. The zero-order chi connectivity index (χ0) is 9.97. The number of rotatable bonds is 2. The predicted octanol–water partition coefficient (Wildman–Crippen LogP) is 2.12. The molecule has 0 fully saturated rings. The summed E-state index contributed by atoms with van der Waals surface area (Å²) >= 11 is 0. The molecule has 1 aliphatic heterocycles. The zero-order valence-electron chi connectivity index (χ0n) is 7.99. The summed E-state index contributed by atoms with van der Waals surface area (Å²) in [5.41, 5.74) is 2.62. The van der Waals surface area contributed by atoms with Crippen molar-refractivity contribution in [3.63, 3.8) is 0 Å². The van der Waals surface area contributed by atoms with E-state index in [2.05, 4.69) is 4.99 Å². The van der Waals surface area contributed by atoms with Crippen molar-refractivity contribution >= 4 is 17.9 Å². The second-order valence-electron chi connectivity index (χ2n) is 3.08. The summed E-state index contributed by atoms with van der Waals surface area (Å²) in [6.07, 6.45) is 2.71. The van der Waals surface area contributed by atoms with Crippen LogP contribution >= 0.6 is 0 Å². The highest BCUT2D eigenvalue weighted by Crippen LogP contribution is 2.25. The molecule has 1 heterocycles. The Hall–Kier alpha value is -1.64. The number of hydrogen-bond donors (Lipinski definition) is 0. The van der Waals surface area contributed by atoms with Crippen LogP contribution in [0.1, 0.15) is 22.8 Å². The molecule has 14 heavy (non-hydrogen) atoms. The van der Waals surface area contributed by atoms with Crippen LogP contribution in [0.15, 0.2) is 23.2 Å². The lowest BCUT2D eigenvalue weighted by Gasteiger charge is -2.03. The van der Waals surface area contributed by atoms with E-state index in [0.717, 1.165) is 17.7 Å². The average molecular weight is 189 g/mol. The molecule has 1 aliphatic rings. The first-order chi connectivity index (χ1) is 6.81. The van der Waals surface area contributed by atoms with Crippen molar-refractivity contribution in [2.75, 3.05) is 6.61 Å². The van der Waals surface area contributed by atoms with Gasteiger partial charge in [0, 0.05) is 12.6 Å². The first-order valence-electron chi connectivity index (χ1n) is 4.64. The lowest BCUT2D eigenvalue weighted by Crippen LogP contribution is -2.04. The number of carbonyl (C=O) groups is 1. The van der Waals surface area contributed by atoms with E-state index in [-0.39, 0.29) is 5.97 Å². The number of ether oxygens (including phenoxy) is 1. The first kappa shape index (κ1) is 8.94. The van der Waals surface area contributed by atoms with Crippen LogP contribution in [0, 0.1) is 0 Å². The van der Waals surface area contributed by atoms with Crippen LogP contribution in [0.4, 0.5) is 5.69 Å². The van der Waals surface area contributed by atoms with Crippen molar-refractivity contribution in [2.45, 2.75) is 13.3 Å². The van der Waals surface area contributed by atoms with E-state index in [0.29, 0.717) is 12.2 Å². The Balaban J connectivity index is 2.28. The molecule has 0 saturated carbocycles. The van der Waals surface area contributed by atoms with Crippen LogP contribution in [0.25, 0.3) is 0 Å². The van der Waals surface area contributed by atoms with Gasteiger partial charge in [0.25, 0.3) is 0 Å². The van der Waals surface area contributed by atoms with Crippen LogP contribution in [-0.2, 0) is 11.2 Å². The molecule has 0 unspecified atom stereocenters. The van der Waals surface area contributed by atoms with E-state index >= 15 is 0 Å². The fourth-order valence-corrected chi connectivity index (χ4v) is 1.44. The van der Waals surface area contributed by atoms with Gasteiger partial charge < -0.3 is 4.74 Å². The quantitative estimate of drug-likeness (QED) is 0.668. The zero-order valence-corrected chi connectivity index (χ0v) is 7.99. The first-order valence-corrected chi connectivity index (χ1v) is 4.64. The molecule has 0 bridgehead atoms. The lowest BCUT2D eigenvalue weighted by atomic mass is 10.1.